The monoisotopic (exact) mass is 322 g/mol. The summed E-state index contributed by atoms with van der Waals surface area (Å²) in [6.45, 7) is 4.98. The fraction of sp³-hybridized carbons (Fsp3) is 0.692. The van der Waals surface area contributed by atoms with E-state index in [2.05, 4.69) is 4.89 Å². The van der Waals surface area contributed by atoms with Crippen LogP contribution in [-0.4, -0.2) is 59.4 Å². The summed E-state index contributed by atoms with van der Waals surface area (Å²) in [6, 6.07) is 0. The van der Waals surface area contributed by atoms with E-state index >= 15 is 0 Å². The van der Waals surface area contributed by atoms with Crippen molar-refractivity contribution in [2.24, 2.45) is 5.92 Å². The van der Waals surface area contributed by atoms with Gasteiger partial charge in [0.25, 0.3) is 0 Å². The zero-order valence-corrected chi connectivity index (χ0v) is 12.7. The van der Waals surface area contributed by atoms with Gasteiger partial charge in [-0.2, -0.15) is 0 Å². The van der Waals surface area contributed by atoms with Gasteiger partial charge < -0.3 is 29.3 Å². The van der Waals surface area contributed by atoms with Crippen molar-refractivity contribution in [1.29, 1.82) is 0 Å². The first-order chi connectivity index (χ1) is 10.4. The summed E-state index contributed by atoms with van der Waals surface area (Å²) in [5.41, 5.74) is 0. The standard InChI is InChI=1S/C13H22O9/c1-4-19-7-8(22-18)9(10(12(14)15)20-5-2)11(13(16)17)21-6-3/h7,9-11,18H,4-6H2,1-3H3,(H,14,15)(H,16,17)/b8-7-. The van der Waals surface area contributed by atoms with Crippen LogP contribution in [0.3, 0.4) is 0 Å². The molecule has 128 valence electrons. The van der Waals surface area contributed by atoms with Crippen LogP contribution in [0.4, 0.5) is 0 Å². The second-order valence-electron chi connectivity index (χ2n) is 4.02. The van der Waals surface area contributed by atoms with Crippen LogP contribution in [0.15, 0.2) is 12.0 Å². The van der Waals surface area contributed by atoms with Gasteiger partial charge in [0.2, 0.25) is 0 Å². The van der Waals surface area contributed by atoms with Gasteiger partial charge in [-0.15, -0.1) is 0 Å². The summed E-state index contributed by atoms with van der Waals surface area (Å²) in [5.74, 6) is -4.69. The van der Waals surface area contributed by atoms with E-state index in [1.807, 2.05) is 0 Å². The Balaban J connectivity index is 5.78. The largest absolute Gasteiger partial charge is 0.498 e. The predicted molar refractivity (Wildman–Crippen MR) is 73.0 cm³/mol. The maximum atomic E-state index is 11.4. The Morgan fingerprint density at radius 1 is 0.955 bits per heavy atom. The van der Waals surface area contributed by atoms with E-state index in [-0.39, 0.29) is 19.8 Å². The average molecular weight is 322 g/mol. The molecule has 0 aromatic heterocycles. The third-order valence-corrected chi connectivity index (χ3v) is 2.63. The van der Waals surface area contributed by atoms with Crippen LogP contribution in [0, 0.1) is 5.92 Å². The molecule has 0 aliphatic heterocycles. The minimum Gasteiger partial charge on any atom is -0.498 e. The van der Waals surface area contributed by atoms with Crippen LogP contribution in [0.1, 0.15) is 20.8 Å². The second-order valence-corrected chi connectivity index (χ2v) is 4.02. The molecule has 22 heavy (non-hydrogen) atoms. The molecule has 0 heterocycles. The SMILES string of the molecule is CCO/C=C(\OO)C(C(OCC)C(=O)O)C(OCC)C(=O)O. The van der Waals surface area contributed by atoms with Crippen molar-refractivity contribution in [1.82, 2.24) is 0 Å². The Hall–Kier alpha value is -1.84. The molecular weight excluding hydrogens is 300 g/mol. The molecular formula is C13H22O9. The lowest BCUT2D eigenvalue weighted by Crippen LogP contribution is -2.45. The molecule has 2 unspecified atom stereocenters. The molecule has 2 atom stereocenters. The zero-order chi connectivity index (χ0) is 17.1. The van der Waals surface area contributed by atoms with Crippen molar-refractivity contribution < 1.29 is 44.2 Å². The Bertz CT molecular complexity index is 356. The highest BCUT2D eigenvalue weighted by molar-refractivity contribution is 5.78. The van der Waals surface area contributed by atoms with Crippen LogP contribution in [-0.2, 0) is 28.7 Å². The van der Waals surface area contributed by atoms with Gasteiger partial charge in [-0.25, -0.2) is 14.8 Å². The smallest absolute Gasteiger partial charge is 0.333 e. The quantitative estimate of drug-likeness (QED) is 0.273. The van der Waals surface area contributed by atoms with Gasteiger partial charge in [0.15, 0.2) is 18.0 Å². The van der Waals surface area contributed by atoms with Gasteiger partial charge in [0.05, 0.1) is 12.5 Å². The lowest BCUT2D eigenvalue weighted by atomic mass is 9.93. The Morgan fingerprint density at radius 2 is 1.41 bits per heavy atom. The van der Waals surface area contributed by atoms with Crippen LogP contribution >= 0.6 is 0 Å². The number of carboxylic acid groups (broad SMARTS) is 2. The number of carbonyl (C=O) groups is 2. The Labute approximate surface area is 128 Å². The number of rotatable bonds is 12. The van der Waals surface area contributed by atoms with Crippen LogP contribution in [0.25, 0.3) is 0 Å². The van der Waals surface area contributed by atoms with Crippen molar-refractivity contribution >= 4 is 11.9 Å². The number of carboxylic acids is 2. The van der Waals surface area contributed by atoms with Gasteiger partial charge in [-0.1, -0.05) is 0 Å². The van der Waals surface area contributed by atoms with Gasteiger partial charge in [-0.3, -0.25) is 0 Å². The molecule has 9 nitrogen and oxygen atoms in total. The van der Waals surface area contributed by atoms with E-state index in [1.165, 1.54) is 0 Å². The van der Waals surface area contributed by atoms with Crippen molar-refractivity contribution in [2.75, 3.05) is 19.8 Å². The summed E-state index contributed by atoms with van der Waals surface area (Å²) >= 11 is 0. The molecule has 0 amide bonds. The predicted octanol–water partition coefficient (Wildman–Crippen LogP) is 0.950. The first kappa shape index (κ1) is 20.2. The van der Waals surface area contributed by atoms with Crippen LogP contribution in [0.5, 0.6) is 0 Å². The Kier molecular flexibility index (Phi) is 9.92. The number of ether oxygens (including phenoxy) is 3. The fourth-order valence-corrected chi connectivity index (χ4v) is 1.80. The third kappa shape index (κ3) is 5.88. The lowest BCUT2D eigenvalue weighted by molar-refractivity contribution is -0.228. The molecule has 0 aromatic carbocycles. The topological polar surface area (TPSA) is 132 Å². The van der Waals surface area contributed by atoms with E-state index in [1.54, 1.807) is 20.8 Å². The maximum absolute atomic E-state index is 11.4. The first-order valence-corrected chi connectivity index (χ1v) is 6.76. The van der Waals surface area contributed by atoms with Crippen LogP contribution in [0.2, 0.25) is 0 Å². The van der Waals surface area contributed by atoms with Crippen LogP contribution < -0.4 is 0 Å². The van der Waals surface area contributed by atoms with E-state index in [9.17, 15) is 19.8 Å². The minimum atomic E-state index is -1.60. The van der Waals surface area contributed by atoms with E-state index in [0.717, 1.165) is 6.26 Å². The average Bonchev–Trinajstić information content (AvgIpc) is 2.47. The molecule has 0 fully saturated rings. The molecule has 0 rings (SSSR count). The first-order valence-electron chi connectivity index (χ1n) is 6.76. The maximum Gasteiger partial charge on any atom is 0.333 e. The molecule has 0 radical (unpaired) electrons. The number of hydrogen-bond acceptors (Lipinski definition) is 7. The van der Waals surface area contributed by atoms with Gasteiger partial charge in [0.1, 0.15) is 6.26 Å². The summed E-state index contributed by atoms with van der Waals surface area (Å²) in [4.78, 5) is 26.9. The van der Waals surface area contributed by atoms with Gasteiger partial charge in [0, 0.05) is 13.2 Å². The summed E-state index contributed by atoms with van der Waals surface area (Å²) < 4.78 is 15.1. The molecule has 9 heteroatoms. The molecule has 0 spiro atoms. The van der Waals surface area contributed by atoms with E-state index in [0.29, 0.717) is 0 Å². The highest BCUT2D eigenvalue weighted by atomic mass is 17.1. The minimum absolute atomic E-state index is 0.0132. The van der Waals surface area contributed by atoms with Gasteiger partial charge >= 0.3 is 11.9 Å². The third-order valence-electron chi connectivity index (χ3n) is 2.63. The van der Waals surface area contributed by atoms with Gasteiger partial charge in [-0.05, 0) is 20.8 Å². The summed E-state index contributed by atoms with van der Waals surface area (Å²) in [5, 5.41) is 27.5. The lowest BCUT2D eigenvalue weighted by Gasteiger charge is -2.28. The van der Waals surface area contributed by atoms with Crippen molar-refractivity contribution in [3.8, 4) is 0 Å². The molecule has 0 aliphatic rings. The van der Waals surface area contributed by atoms with E-state index in [4.69, 9.17) is 19.5 Å². The normalized spacial score (nSPS) is 15.7. The van der Waals surface area contributed by atoms with Crippen molar-refractivity contribution in [3.05, 3.63) is 12.0 Å². The number of aliphatic carboxylic acids is 2. The molecule has 0 bridgehead atoms. The highest BCUT2D eigenvalue weighted by Crippen LogP contribution is 2.26. The molecule has 3 N–H and O–H groups in total. The van der Waals surface area contributed by atoms with Crippen molar-refractivity contribution in [2.45, 2.75) is 33.0 Å². The number of hydrogen-bond donors (Lipinski definition) is 3. The second kappa shape index (κ2) is 10.8. The molecule has 0 aliphatic carbocycles. The highest BCUT2D eigenvalue weighted by Gasteiger charge is 2.44. The zero-order valence-electron chi connectivity index (χ0n) is 12.7. The molecule has 0 saturated heterocycles. The molecule has 0 aromatic rings. The van der Waals surface area contributed by atoms with Crippen molar-refractivity contribution in [3.63, 3.8) is 0 Å². The fourth-order valence-electron chi connectivity index (χ4n) is 1.80. The summed E-state index contributed by atoms with van der Waals surface area (Å²) in [6.07, 6.45) is -2.26. The Morgan fingerprint density at radius 3 is 1.68 bits per heavy atom. The van der Waals surface area contributed by atoms with E-state index < -0.39 is 35.8 Å². The molecule has 0 saturated carbocycles. The summed E-state index contributed by atoms with van der Waals surface area (Å²) in [7, 11) is 0.